The molecular weight excluding hydrogens is 313 g/mol. The van der Waals surface area contributed by atoms with Crippen molar-refractivity contribution in [2.75, 3.05) is 13.1 Å². The largest absolute Gasteiger partial charge is 0.454 e. The van der Waals surface area contributed by atoms with Crippen LogP contribution in [0.3, 0.4) is 0 Å². The minimum Gasteiger partial charge on any atom is -0.444 e. The molecule has 23 heavy (non-hydrogen) atoms. The second kappa shape index (κ2) is 7.23. The van der Waals surface area contributed by atoms with Crippen molar-refractivity contribution >= 4 is 11.9 Å². The van der Waals surface area contributed by atoms with Gasteiger partial charge in [0.1, 0.15) is 5.60 Å². The lowest BCUT2D eigenvalue weighted by molar-refractivity contribution is -0.165. The van der Waals surface area contributed by atoms with E-state index in [1.54, 1.807) is 25.7 Å². The molecule has 0 aliphatic carbocycles. The summed E-state index contributed by atoms with van der Waals surface area (Å²) in [6, 6.07) is -0.0778. The van der Waals surface area contributed by atoms with Crippen molar-refractivity contribution in [1.29, 1.82) is 0 Å². The first-order valence-electron chi connectivity index (χ1n) is 7.42. The molecule has 1 fully saturated rings. The molecule has 0 aromatic rings. The average molecular weight is 336 g/mol. The maximum Gasteiger partial charge on any atom is 0.454 e. The number of halogens is 3. The van der Waals surface area contributed by atoms with E-state index in [2.05, 4.69) is 5.32 Å². The van der Waals surface area contributed by atoms with Crippen LogP contribution < -0.4 is 5.32 Å². The number of ketones is 1. The smallest absolute Gasteiger partial charge is 0.444 e. The monoisotopic (exact) mass is 336 g/mol. The fourth-order valence-electron chi connectivity index (χ4n) is 2.17. The summed E-state index contributed by atoms with van der Waals surface area (Å²) >= 11 is 0. The molecule has 0 radical (unpaired) electrons. The minimum atomic E-state index is -4.86. The van der Waals surface area contributed by atoms with Crippen LogP contribution in [0.15, 0.2) is 11.8 Å². The summed E-state index contributed by atoms with van der Waals surface area (Å²) in [7, 11) is 0. The highest BCUT2D eigenvalue weighted by atomic mass is 19.4. The maximum atomic E-state index is 12.2. The lowest BCUT2D eigenvalue weighted by atomic mass is 10.0. The molecule has 1 rings (SSSR count). The summed E-state index contributed by atoms with van der Waals surface area (Å²) in [5.41, 5.74) is -0.397. The Morgan fingerprint density at radius 2 is 1.70 bits per heavy atom. The van der Waals surface area contributed by atoms with Gasteiger partial charge in [0, 0.05) is 30.9 Å². The van der Waals surface area contributed by atoms with Gasteiger partial charge in [-0.05, 0) is 40.5 Å². The molecule has 0 unspecified atom stereocenters. The lowest BCUT2D eigenvalue weighted by Crippen LogP contribution is -2.46. The van der Waals surface area contributed by atoms with Crippen molar-refractivity contribution in [3.05, 3.63) is 11.8 Å². The molecule has 132 valence electrons. The number of nitrogens with zero attached hydrogens (tertiary/aromatic N) is 1. The van der Waals surface area contributed by atoms with Crippen LogP contribution >= 0.6 is 0 Å². The SMILES string of the molecule is CC(=CC(=O)C(F)(F)F)NC1CCN(C(=O)OC(C)(C)C)CC1. The Hall–Kier alpha value is -1.73. The number of hydrogen-bond acceptors (Lipinski definition) is 4. The molecule has 0 spiro atoms. The number of hydrogen-bond donors (Lipinski definition) is 1. The van der Waals surface area contributed by atoms with Gasteiger partial charge < -0.3 is 15.0 Å². The highest BCUT2D eigenvalue weighted by Crippen LogP contribution is 2.18. The standard InChI is InChI=1S/C15H23F3N2O3/c1-10(9-12(21)15(16,17)18)19-11-5-7-20(8-6-11)13(22)23-14(2,3)4/h9,11,19H,5-8H2,1-4H3. The Labute approximate surface area is 133 Å². The molecular formula is C15H23F3N2O3. The topological polar surface area (TPSA) is 58.6 Å². The van der Waals surface area contributed by atoms with Crippen LogP contribution in [0.1, 0.15) is 40.5 Å². The van der Waals surface area contributed by atoms with Crippen molar-refractivity contribution in [3.8, 4) is 0 Å². The quantitative estimate of drug-likeness (QED) is 0.805. The highest BCUT2D eigenvalue weighted by molar-refractivity contribution is 5.94. The Kier molecular flexibility index (Phi) is 6.07. The first kappa shape index (κ1) is 19.3. The van der Waals surface area contributed by atoms with Gasteiger partial charge in [-0.25, -0.2) is 4.79 Å². The van der Waals surface area contributed by atoms with Crippen molar-refractivity contribution in [2.45, 2.75) is 58.4 Å². The van der Waals surface area contributed by atoms with Gasteiger partial charge in [0.05, 0.1) is 0 Å². The first-order valence-corrected chi connectivity index (χ1v) is 7.42. The number of likely N-dealkylation sites (tertiary alicyclic amines) is 1. The van der Waals surface area contributed by atoms with E-state index in [9.17, 15) is 22.8 Å². The third-order valence-corrected chi connectivity index (χ3v) is 3.21. The van der Waals surface area contributed by atoms with E-state index in [0.717, 1.165) is 0 Å². The maximum absolute atomic E-state index is 12.2. The van der Waals surface area contributed by atoms with Crippen LogP contribution in [0.25, 0.3) is 0 Å². The predicted molar refractivity (Wildman–Crippen MR) is 78.8 cm³/mol. The lowest BCUT2D eigenvalue weighted by Gasteiger charge is -2.34. The second-order valence-electron chi connectivity index (χ2n) is 6.58. The zero-order chi connectivity index (χ0) is 17.8. The van der Waals surface area contributed by atoms with Crippen LogP contribution in [0.2, 0.25) is 0 Å². The predicted octanol–water partition coefficient (Wildman–Crippen LogP) is 3.01. The zero-order valence-electron chi connectivity index (χ0n) is 13.8. The fraction of sp³-hybridized carbons (Fsp3) is 0.733. The van der Waals surface area contributed by atoms with E-state index >= 15 is 0 Å². The van der Waals surface area contributed by atoms with Crippen molar-refractivity contribution in [2.24, 2.45) is 0 Å². The Morgan fingerprint density at radius 3 is 2.13 bits per heavy atom. The molecule has 1 aliphatic rings. The van der Waals surface area contributed by atoms with Gasteiger partial charge in [0.25, 0.3) is 5.78 Å². The van der Waals surface area contributed by atoms with Gasteiger partial charge in [-0.2, -0.15) is 13.2 Å². The summed E-state index contributed by atoms with van der Waals surface area (Å²) < 4.78 is 41.8. The van der Waals surface area contributed by atoms with Gasteiger partial charge in [-0.1, -0.05) is 0 Å². The molecule has 1 N–H and O–H groups in total. The number of nitrogens with one attached hydrogen (secondary N) is 1. The van der Waals surface area contributed by atoms with Gasteiger partial charge in [0.15, 0.2) is 0 Å². The Bertz CT molecular complexity index is 473. The fourth-order valence-corrected chi connectivity index (χ4v) is 2.17. The number of carbonyl (C=O) groups excluding carboxylic acids is 2. The normalized spacial score (nSPS) is 17.9. The third-order valence-electron chi connectivity index (χ3n) is 3.21. The molecule has 5 nitrogen and oxygen atoms in total. The van der Waals surface area contributed by atoms with E-state index < -0.39 is 23.7 Å². The van der Waals surface area contributed by atoms with Crippen LogP contribution in [0, 0.1) is 0 Å². The number of rotatable bonds is 3. The average Bonchev–Trinajstić information content (AvgIpc) is 2.36. The summed E-state index contributed by atoms with van der Waals surface area (Å²) in [6.45, 7) is 7.67. The van der Waals surface area contributed by atoms with Crippen LogP contribution in [0.4, 0.5) is 18.0 Å². The molecule has 0 saturated carbocycles. The van der Waals surface area contributed by atoms with E-state index in [-0.39, 0.29) is 11.7 Å². The molecule has 1 saturated heterocycles. The summed E-state index contributed by atoms with van der Waals surface area (Å²) in [6.07, 6.45) is -3.55. The van der Waals surface area contributed by atoms with Gasteiger partial charge in [0.2, 0.25) is 0 Å². The Morgan fingerprint density at radius 1 is 1.17 bits per heavy atom. The zero-order valence-corrected chi connectivity index (χ0v) is 13.8. The molecule has 1 amide bonds. The minimum absolute atomic E-state index is 0.0778. The molecule has 1 aliphatic heterocycles. The molecule has 8 heteroatoms. The second-order valence-corrected chi connectivity index (χ2v) is 6.58. The van der Waals surface area contributed by atoms with Crippen molar-refractivity contribution < 1.29 is 27.5 Å². The van der Waals surface area contributed by atoms with E-state index in [1.165, 1.54) is 6.92 Å². The van der Waals surface area contributed by atoms with E-state index in [4.69, 9.17) is 4.74 Å². The molecule has 0 atom stereocenters. The number of alkyl halides is 3. The summed E-state index contributed by atoms with van der Waals surface area (Å²) in [5, 5.41) is 2.89. The van der Waals surface area contributed by atoms with Gasteiger partial charge in [-0.3, -0.25) is 4.79 Å². The first-order chi connectivity index (χ1) is 10.4. The number of ether oxygens (including phenoxy) is 1. The molecule has 0 aromatic heterocycles. The number of allylic oxidation sites excluding steroid dienone is 2. The highest BCUT2D eigenvalue weighted by Gasteiger charge is 2.36. The summed E-state index contributed by atoms with van der Waals surface area (Å²) in [4.78, 5) is 24.4. The molecule has 1 heterocycles. The number of amides is 1. The third kappa shape index (κ3) is 6.92. The van der Waals surface area contributed by atoms with E-state index in [1.807, 2.05) is 0 Å². The van der Waals surface area contributed by atoms with Crippen LogP contribution in [-0.4, -0.2) is 47.7 Å². The van der Waals surface area contributed by atoms with Crippen molar-refractivity contribution in [1.82, 2.24) is 10.2 Å². The van der Waals surface area contributed by atoms with Gasteiger partial charge in [-0.15, -0.1) is 0 Å². The van der Waals surface area contributed by atoms with E-state index in [0.29, 0.717) is 32.0 Å². The molecule has 0 bridgehead atoms. The number of piperidine rings is 1. The number of carbonyl (C=O) groups is 2. The molecule has 0 aromatic carbocycles. The van der Waals surface area contributed by atoms with Crippen molar-refractivity contribution in [3.63, 3.8) is 0 Å². The van der Waals surface area contributed by atoms with Crippen LogP contribution in [0.5, 0.6) is 0 Å². The summed E-state index contributed by atoms with van der Waals surface area (Å²) in [5.74, 6) is -1.88. The van der Waals surface area contributed by atoms with Gasteiger partial charge >= 0.3 is 12.3 Å². The van der Waals surface area contributed by atoms with Crippen LogP contribution in [-0.2, 0) is 9.53 Å². The Balaban J connectivity index is 2.47.